The van der Waals surface area contributed by atoms with Crippen LogP contribution in [0.3, 0.4) is 0 Å². The van der Waals surface area contributed by atoms with Gasteiger partial charge in [-0.2, -0.15) is 0 Å². The van der Waals surface area contributed by atoms with E-state index >= 15 is 0 Å². The maximum Gasteiger partial charge on any atom is 0.258 e. The Balaban J connectivity index is 2.55. The van der Waals surface area contributed by atoms with Crippen molar-refractivity contribution in [2.75, 3.05) is 6.61 Å². The Hall–Kier alpha value is -1.62. The van der Waals surface area contributed by atoms with Gasteiger partial charge in [0.05, 0.1) is 0 Å². The number of carbonyl (C=O) groups is 1. The zero-order valence-electron chi connectivity index (χ0n) is 13.4. The summed E-state index contributed by atoms with van der Waals surface area (Å²) in [6.45, 7) is 10.1. The largest absolute Gasteiger partial charge is 0.481 e. The minimum atomic E-state index is -0.457. The molecule has 0 bridgehead atoms. The summed E-state index contributed by atoms with van der Waals surface area (Å²) in [5.74, 6) is -0.638. The third-order valence-corrected chi connectivity index (χ3v) is 2.58. The van der Waals surface area contributed by atoms with Crippen LogP contribution in [0.2, 0.25) is 0 Å². The third kappa shape index (κ3) is 7.09. The highest BCUT2D eigenvalue weighted by Crippen LogP contribution is 2.18. The molecule has 0 aliphatic rings. The van der Waals surface area contributed by atoms with Crippen LogP contribution < -0.4 is 15.4 Å². The van der Waals surface area contributed by atoms with Crippen molar-refractivity contribution in [2.24, 2.45) is 0 Å². The van der Waals surface area contributed by atoms with Crippen LogP contribution in [0.15, 0.2) is 18.2 Å². The van der Waals surface area contributed by atoms with Crippen LogP contribution in [-0.2, 0) is 11.3 Å². The summed E-state index contributed by atoms with van der Waals surface area (Å²) in [6, 6.07) is 5.10. The highest BCUT2D eigenvalue weighted by Gasteiger charge is 2.14. The maximum absolute atomic E-state index is 13.9. The molecule has 21 heavy (non-hydrogen) atoms. The third-order valence-electron chi connectivity index (χ3n) is 2.58. The molecule has 0 heterocycles. The molecule has 1 rings (SSSR count). The van der Waals surface area contributed by atoms with Crippen molar-refractivity contribution in [1.82, 2.24) is 10.6 Å². The van der Waals surface area contributed by atoms with Crippen molar-refractivity contribution in [3.8, 4) is 5.75 Å². The predicted octanol–water partition coefficient (Wildman–Crippen LogP) is 2.62. The summed E-state index contributed by atoms with van der Waals surface area (Å²) < 4.78 is 19.1. The molecule has 0 unspecified atom stereocenters. The van der Waals surface area contributed by atoms with Gasteiger partial charge in [0.15, 0.2) is 18.2 Å². The van der Waals surface area contributed by atoms with Crippen molar-refractivity contribution in [3.05, 3.63) is 29.6 Å². The Bertz CT molecular complexity index is 482. The van der Waals surface area contributed by atoms with Crippen molar-refractivity contribution in [2.45, 2.75) is 52.7 Å². The Morgan fingerprint density at radius 1 is 1.33 bits per heavy atom. The molecule has 1 aromatic rings. The smallest absolute Gasteiger partial charge is 0.258 e. The molecule has 0 saturated carbocycles. The number of hydrogen-bond donors (Lipinski definition) is 2. The molecule has 0 aliphatic heterocycles. The lowest BCUT2D eigenvalue weighted by atomic mass is 10.1. The van der Waals surface area contributed by atoms with Gasteiger partial charge in [-0.25, -0.2) is 4.39 Å². The maximum atomic E-state index is 13.9. The van der Waals surface area contributed by atoms with E-state index in [2.05, 4.69) is 10.6 Å². The van der Waals surface area contributed by atoms with E-state index < -0.39 is 5.82 Å². The number of hydrogen-bond acceptors (Lipinski definition) is 3. The fraction of sp³-hybridized carbons (Fsp3) is 0.562. The Morgan fingerprint density at radius 2 is 2.00 bits per heavy atom. The molecule has 1 aromatic carbocycles. The first-order valence-electron chi connectivity index (χ1n) is 7.13. The molecule has 0 spiro atoms. The minimum absolute atomic E-state index is 0.0901. The van der Waals surface area contributed by atoms with E-state index in [0.29, 0.717) is 12.6 Å². The highest BCUT2D eigenvalue weighted by molar-refractivity contribution is 5.78. The molecule has 0 aromatic heterocycles. The van der Waals surface area contributed by atoms with Crippen LogP contribution >= 0.6 is 0 Å². The molecule has 0 radical (unpaired) electrons. The molecule has 0 fully saturated rings. The first-order chi connectivity index (χ1) is 9.67. The summed E-state index contributed by atoms with van der Waals surface area (Å²) in [6.07, 6.45) is 0. The molecular weight excluding hydrogens is 271 g/mol. The molecule has 0 saturated heterocycles. The summed E-state index contributed by atoms with van der Waals surface area (Å²) in [5, 5.41) is 5.97. The molecule has 4 nitrogen and oxygen atoms in total. The van der Waals surface area contributed by atoms with Crippen LogP contribution in [-0.4, -0.2) is 24.1 Å². The lowest BCUT2D eigenvalue weighted by molar-refractivity contribution is -0.124. The fourth-order valence-electron chi connectivity index (χ4n) is 1.69. The number of carbonyl (C=O) groups excluding carboxylic acids is 1. The summed E-state index contributed by atoms with van der Waals surface area (Å²) in [4.78, 5) is 11.6. The van der Waals surface area contributed by atoms with E-state index in [0.717, 1.165) is 5.56 Å². The van der Waals surface area contributed by atoms with Gasteiger partial charge in [0.1, 0.15) is 0 Å². The second kappa shape index (κ2) is 7.41. The molecule has 1 amide bonds. The highest BCUT2D eigenvalue weighted by atomic mass is 19.1. The molecule has 0 atom stereocenters. The van der Waals surface area contributed by atoms with Gasteiger partial charge in [-0.3, -0.25) is 4.79 Å². The predicted molar refractivity (Wildman–Crippen MR) is 81.8 cm³/mol. The van der Waals surface area contributed by atoms with Crippen molar-refractivity contribution < 1.29 is 13.9 Å². The number of nitrogens with one attached hydrogen (secondary N) is 2. The first-order valence-corrected chi connectivity index (χ1v) is 7.13. The van der Waals surface area contributed by atoms with Gasteiger partial charge in [0.2, 0.25) is 0 Å². The van der Waals surface area contributed by atoms with Crippen molar-refractivity contribution in [3.63, 3.8) is 0 Å². The second-order valence-corrected chi connectivity index (χ2v) is 6.39. The van der Waals surface area contributed by atoms with Gasteiger partial charge in [0, 0.05) is 18.1 Å². The Morgan fingerprint density at radius 3 is 2.52 bits per heavy atom. The van der Waals surface area contributed by atoms with Crippen LogP contribution in [0.1, 0.15) is 40.2 Å². The van der Waals surface area contributed by atoms with Crippen molar-refractivity contribution in [1.29, 1.82) is 0 Å². The summed E-state index contributed by atoms with van der Waals surface area (Å²) >= 11 is 0. The minimum Gasteiger partial charge on any atom is -0.481 e. The summed E-state index contributed by atoms with van der Waals surface area (Å²) in [5.41, 5.74) is 0.512. The van der Waals surface area contributed by atoms with Crippen LogP contribution in [0.5, 0.6) is 5.75 Å². The van der Waals surface area contributed by atoms with Crippen LogP contribution in [0, 0.1) is 5.82 Å². The van der Waals surface area contributed by atoms with E-state index in [-0.39, 0.29) is 23.8 Å². The molecule has 2 N–H and O–H groups in total. The number of rotatable bonds is 6. The SMILES string of the molecule is CC(C)NCc1ccc(OCC(=O)NC(C)(C)C)c(F)c1. The fourth-order valence-corrected chi connectivity index (χ4v) is 1.69. The lowest BCUT2D eigenvalue weighted by Gasteiger charge is -2.20. The number of ether oxygens (including phenoxy) is 1. The number of benzene rings is 1. The number of amides is 1. The van der Waals surface area contributed by atoms with Gasteiger partial charge in [-0.05, 0) is 38.5 Å². The van der Waals surface area contributed by atoms with E-state index in [1.54, 1.807) is 12.1 Å². The molecule has 0 aliphatic carbocycles. The molecule has 118 valence electrons. The quantitative estimate of drug-likeness (QED) is 0.848. The monoisotopic (exact) mass is 296 g/mol. The topological polar surface area (TPSA) is 50.4 Å². The zero-order valence-corrected chi connectivity index (χ0v) is 13.4. The summed E-state index contributed by atoms with van der Waals surface area (Å²) in [7, 11) is 0. The van der Waals surface area contributed by atoms with E-state index in [4.69, 9.17) is 4.74 Å². The van der Waals surface area contributed by atoms with E-state index in [1.165, 1.54) is 6.07 Å². The second-order valence-electron chi connectivity index (χ2n) is 6.39. The zero-order chi connectivity index (χ0) is 16.0. The Labute approximate surface area is 126 Å². The normalized spacial score (nSPS) is 11.6. The lowest BCUT2D eigenvalue weighted by Crippen LogP contribution is -2.43. The number of halogens is 1. The average Bonchev–Trinajstić information content (AvgIpc) is 2.33. The van der Waals surface area contributed by atoms with Gasteiger partial charge < -0.3 is 15.4 Å². The van der Waals surface area contributed by atoms with Gasteiger partial charge in [0.25, 0.3) is 5.91 Å². The standard InChI is InChI=1S/C16H25FN2O2/c1-11(2)18-9-12-6-7-14(13(17)8-12)21-10-15(20)19-16(3,4)5/h6-8,11,18H,9-10H2,1-5H3,(H,19,20). The first kappa shape index (κ1) is 17.4. The van der Waals surface area contributed by atoms with Crippen LogP contribution in [0.25, 0.3) is 0 Å². The van der Waals surface area contributed by atoms with Gasteiger partial charge in [-0.15, -0.1) is 0 Å². The molecular formula is C16H25FN2O2. The van der Waals surface area contributed by atoms with Crippen LogP contribution in [0.4, 0.5) is 4.39 Å². The van der Waals surface area contributed by atoms with Gasteiger partial charge >= 0.3 is 0 Å². The van der Waals surface area contributed by atoms with E-state index in [1.807, 2.05) is 34.6 Å². The Kier molecular flexibility index (Phi) is 6.15. The van der Waals surface area contributed by atoms with Crippen molar-refractivity contribution >= 4 is 5.91 Å². The molecule has 5 heteroatoms. The van der Waals surface area contributed by atoms with Gasteiger partial charge in [-0.1, -0.05) is 19.9 Å². The van der Waals surface area contributed by atoms with E-state index in [9.17, 15) is 9.18 Å². The average molecular weight is 296 g/mol.